The van der Waals surface area contributed by atoms with E-state index in [1.807, 2.05) is 0 Å². The van der Waals surface area contributed by atoms with Gasteiger partial charge < -0.3 is 0 Å². The summed E-state index contributed by atoms with van der Waals surface area (Å²) in [6, 6.07) is 5.24. The standard InChI is InChI=1S/C14H11N5OS/c20-12(17-14-19-18-13(21-14)8-1-2-8)9-3-4-10-11(7-9)16-6-5-15-10/h3-8H,1-2H2,(H,17,19,20). The molecule has 1 aliphatic rings. The SMILES string of the molecule is O=C(Nc1nnc(C2CC2)s1)c1ccc2nccnc2c1. The van der Waals surface area contributed by atoms with Gasteiger partial charge in [0.1, 0.15) is 5.01 Å². The lowest BCUT2D eigenvalue weighted by Crippen LogP contribution is -2.11. The second-order valence-corrected chi connectivity index (χ2v) is 5.94. The Morgan fingerprint density at radius 3 is 2.76 bits per heavy atom. The number of benzene rings is 1. The number of anilines is 1. The number of amides is 1. The van der Waals surface area contributed by atoms with E-state index in [9.17, 15) is 4.79 Å². The molecule has 7 heteroatoms. The van der Waals surface area contributed by atoms with Crippen LogP contribution in [0.5, 0.6) is 0 Å². The molecule has 0 saturated heterocycles. The van der Waals surface area contributed by atoms with Crippen molar-refractivity contribution in [1.82, 2.24) is 20.2 Å². The smallest absolute Gasteiger partial charge is 0.257 e. The van der Waals surface area contributed by atoms with Crippen molar-refractivity contribution in [1.29, 1.82) is 0 Å². The van der Waals surface area contributed by atoms with E-state index in [-0.39, 0.29) is 5.91 Å². The second-order valence-electron chi connectivity index (χ2n) is 4.93. The molecule has 1 fully saturated rings. The highest BCUT2D eigenvalue weighted by molar-refractivity contribution is 7.15. The second kappa shape index (κ2) is 4.85. The number of hydrogen-bond donors (Lipinski definition) is 1. The molecule has 0 spiro atoms. The summed E-state index contributed by atoms with van der Waals surface area (Å²) in [7, 11) is 0. The minimum atomic E-state index is -0.207. The third kappa shape index (κ3) is 2.47. The van der Waals surface area contributed by atoms with Crippen molar-refractivity contribution in [2.45, 2.75) is 18.8 Å². The molecule has 1 aromatic carbocycles. The van der Waals surface area contributed by atoms with Gasteiger partial charge in [-0.3, -0.25) is 20.1 Å². The number of carbonyl (C=O) groups excluding carboxylic acids is 1. The third-order valence-corrected chi connectivity index (χ3v) is 4.32. The lowest BCUT2D eigenvalue weighted by molar-refractivity contribution is 0.102. The fourth-order valence-electron chi connectivity index (χ4n) is 2.05. The maximum atomic E-state index is 12.2. The van der Waals surface area contributed by atoms with E-state index in [4.69, 9.17) is 0 Å². The van der Waals surface area contributed by atoms with Crippen LogP contribution < -0.4 is 5.32 Å². The van der Waals surface area contributed by atoms with Crippen molar-refractivity contribution >= 4 is 33.4 Å². The Balaban J connectivity index is 1.57. The number of hydrogen-bond acceptors (Lipinski definition) is 6. The molecule has 104 valence electrons. The molecule has 2 heterocycles. The first-order valence-electron chi connectivity index (χ1n) is 6.65. The van der Waals surface area contributed by atoms with Gasteiger partial charge in [0.25, 0.3) is 5.91 Å². The highest BCUT2D eigenvalue weighted by Gasteiger charge is 2.27. The number of rotatable bonds is 3. The molecule has 0 radical (unpaired) electrons. The predicted molar refractivity (Wildman–Crippen MR) is 79.4 cm³/mol. The predicted octanol–water partition coefficient (Wildman–Crippen LogP) is 2.61. The Hall–Kier alpha value is -2.41. The van der Waals surface area contributed by atoms with Crippen molar-refractivity contribution in [3.05, 3.63) is 41.2 Å². The molecule has 0 atom stereocenters. The maximum Gasteiger partial charge on any atom is 0.257 e. The zero-order valence-corrected chi connectivity index (χ0v) is 11.8. The fraction of sp³-hybridized carbons (Fsp3) is 0.214. The Labute approximate surface area is 124 Å². The van der Waals surface area contributed by atoms with Gasteiger partial charge in [-0.2, -0.15) is 0 Å². The van der Waals surface area contributed by atoms with Gasteiger partial charge in [0.05, 0.1) is 11.0 Å². The topological polar surface area (TPSA) is 80.7 Å². The Bertz CT molecular complexity index is 827. The molecular formula is C14H11N5OS. The highest BCUT2D eigenvalue weighted by Crippen LogP contribution is 2.42. The van der Waals surface area contributed by atoms with E-state index in [2.05, 4.69) is 25.5 Å². The van der Waals surface area contributed by atoms with Crippen molar-refractivity contribution in [3.63, 3.8) is 0 Å². The lowest BCUT2D eigenvalue weighted by atomic mass is 10.2. The average molecular weight is 297 g/mol. The summed E-state index contributed by atoms with van der Waals surface area (Å²) >= 11 is 1.45. The van der Waals surface area contributed by atoms with Crippen LogP contribution in [-0.4, -0.2) is 26.1 Å². The van der Waals surface area contributed by atoms with Gasteiger partial charge in [0.2, 0.25) is 5.13 Å². The van der Waals surface area contributed by atoms with Gasteiger partial charge in [-0.15, -0.1) is 10.2 Å². The van der Waals surface area contributed by atoms with Crippen LogP contribution in [0.25, 0.3) is 11.0 Å². The Morgan fingerprint density at radius 2 is 1.95 bits per heavy atom. The molecular weight excluding hydrogens is 286 g/mol. The van der Waals surface area contributed by atoms with Gasteiger partial charge >= 0.3 is 0 Å². The van der Waals surface area contributed by atoms with E-state index in [0.29, 0.717) is 22.1 Å². The Morgan fingerprint density at radius 1 is 1.14 bits per heavy atom. The summed E-state index contributed by atoms with van der Waals surface area (Å²) < 4.78 is 0. The van der Waals surface area contributed by atoms with Gasteiger partial charge in [0, 0.05) is 23.9 Å². The first-order chi connectivity index (χ1) is 10.3. The normalized spacial score (nSPS) is 14.3. The van der Waals surface area contributed by atoms with E-state index in [1.54, 1.807) is 30.6 Å². The van der Waals surface area contributed by atoms with Crippen LogP contribution in [0, 0.1) is 0 Å². The van der Waals surface area contributed by atoms with E-state index < -0.39 is 0 Å². The summed E-state index contributed by atoms with van der Waals surface area (Å²) in [5, 5.41) is 12.5. The van der Waals surface area contributed by atoms with Gasteiger partial charge in [0.15, 0.2) is 0 Å². The number of nitrogens with one attached hydrogen (secondary N) is 1. The van der Waals surface area contributed by atoms with Crippen LogP contribution in [0.3, 0.4) is 0 Å². The van der Waals surface area contributed by atoms with Crippen molar-refractivity contribution in [2.75, 3.05) is 5.32 Å². The molecule has 1 N–H and O–H groups in total. The largest absolute Gasteiger partial charge is 0.296 e. The molecule has 1 saturated carbocycles. The first kappa shape index (κ1) is 12.3. The van der Waals surface area contributed by atoms with Crippen LogP contribution >= 0.6 is 11.3 Å². The summed E-state index contributed by atoms with van der Waals surface area (Å²) in [6.45, 7) is 0. The van der Waals surface area contributed by atoms with Gasteiger partial charge in [-0.05, 0) is 31.0 Å². The maximum absolute atomic E-state index is 12.2. The van der Waals surface area contributed by atoms with E-state index in [1.165, 1.54) is 24.2 Å². The summed E-state index contributed by atoms with van der Waals surface area (Å²) in [5.41, 5.74) is 1.99. The van der Waals surface area contributed by atoms with Crippen LogP contribution in [0.1, 0.15) is 34.1 Å². The number of nitrogens with zero attached hydrogens (tertiary/aromatic N) is 4. The molecule has 3 aromatic rings. The summed E-state index contributed by atoms with van der Waals surface area (Å²) in [4.78, 5) is 20.6. The van der Waals surface area contributed by atoms with Crippen LogP contribution in [0.2, 0.25) is 0 Å². The molecule has 0 aliphatic heterocycles. The molecule has 1 aliphatic carbocycles. The zero-order valence-electron chi connectivity index (χ0n) is 11.0. The molecule has 2 aromatic heterocycles. The molecule has 6 nitrogen and oxygen atoms in total. The number of carbonyl (C=O) groups is 1. The van der Waals surface area contributed by atoms with Gasteiger partial charge in [-0.25, -0.2) is 0 Å². The summed E-state index contributed by atoms with van der Waals surface area (Å²) in [5.74, 6) is 0.338. The third-order valence-electron chi connectivity index (χ3n) is 3.32. The van der Waals surface area contributed by atoms with Crippen molar-refractivity contribution < 1.29 is 4.79 Å². The number of fused-ring (bicyclic) bond motifs is 1. The van der Waals surface area contributed by atoms with Crippen LogP contribution in [0.4, 0.5) is 5.13 Å². The lowest BCUT2D eigenvalue weighted by Gasteiger charge is -2.02. The summed E-state index contributed by atoms with van der Waals surface area (Å²) in [6.07, 6.45) is 5.58. The molecule has 4 rings (SSSR count). The van der Waals surface area contributed by atoms with Crippen LogP contribution in [-0.2, 0) is 0 Å². The van der Waals surface area contributed by atoms with Crippen molar-refractivity contribution in [3.8, 4) is 0 Å². The van der Waals surface area contributed by atoms with E-state index >= 15 is 0 Å². The van der Waals surface area contributed by atoms with Crippen LogP contribution in [0.15, 0.2) is 30.6 Å². The molecule has 1 amide bonds. The molecule has 0 bridgehead atoms. The van der Waals surface area contributed by atoms with Crippen molar-refractivity contribution in [2.24, 2.45) is 0 Å². The zero-order chi connectivity index (χ0) is 14.2. The average Bonchev–Trinajstić information content (AvgIpc) is 3.27. The number of aromatic nitrogens is 4. The minimum absolute atomic E-state index is 0.207. The van der Waals surface area contributed by atoms with E-state index in [0.717, 1.165) is 10.5 Å². The highest BCUT2D eigenvalue weighted by atomic mass is 32.1. The Kier molecular flexibility index (Phi) is 2.85. The fourth-order valence-corrected chi connectivity index (χ4v) is 2.96. The minimum Gasteiger partial charge on any atom is -0.296 e. The first-order valence-corrected chi connectivity index (χ1v) is 7.47. The quantitative estimate of drug-likeness (QED) is 0.803. The van der Waals surface area contributed by atoms with Gasteiger partial charge in [-0.1, -0.05) is 11.3 Å². The monoisotopic (exact) mass is 297 g/mol. The molecule has 21 heavy (non-hydrogen) atoms. The molecule has 0 unspecified atom stereocenters.